The Morgan fingerprint density at radius 2 is 2.19 bits per heavy atom. The van der Waals surface area contributed by atoms with E-state index in [0.29, 0.717) is 5.92 Å². The molecule has 1 aliphatic carbocycles. The van der Waals surface area contributed by atoms with Gasteiger partial charge in [-0.1, -0.05) is 13.0 Å². The lowest BCUT2D eigenvalue weighted by molar-refractivity contribution is 0.584. The van der Waals surface area contributed by atoms with Crippen LogP contribution in [-0.4, -0.2) is 21.5 Å². The van der Waals surface area contributed by atoms with Gasteiger partial charge < -0.3 is 5.32 Å². The number of hydrogen-bond donors (Lipinski definition) is 1. The van der Waals surface area contributed by atoms with Crippen LogP contribution in [0.5, 0.6) is 0 Å². The highest BCUT2D eigenvalue weighted by Crippen LogP contribution is 2.35. The Bertz CT molecular complexity index is 624. The predicted octanol–water partition coefficient (Wildman–Crippen LogP) is 3.47. The lowest BCUT2D eigenvalue weighted by atomic mass is 9.83. The van der Waals surface area contributed by atoms with Gasteiger partial charge in [0.1, 0.15) is 0 Å². The molecule has 2 aromatic rings. The number of aromatic nitrogens is 3. The Balaban J connectivity index is 1.97. The first-order valence-corrected chi connectivity index (χ1v) is 7.80. The van der Waals surface area contributed by atoms with Crippen LogP contribution in [0.15, 0.2) is 24.5 Å². The van der Waals surface area contributed by atoms with Gasteiger partial charge in [0, 0.05) is 24.9 Å². The fourth-order valence-corrected chi connectivity index (χ4v) is 3.01. The van der Waals surface area contributed by atoms with E-state index >= 15 is 0 Å². The van der Waals surface area contributed by atoms with Crippen LogP contribution in [0, 0.1) is 6.92 Å². The van der Waals surface area contributed by atoms with Gasteiger partial charge in [0.05, 0.1) is 11.4 Å². The van der Waals surface area contributed by atoms with Gasteiger partial charge in [0.2, 0.25) is 5.95 Å². The van der Waals surface area contributed by atoms with E-state index in [9.17, 15) is 0 Å². The van der Waals surface area contributed by atoms with Crippen LogP contribution in [0.25, 0.3) is 0 Å². The number of nitrogens with one attached hydrogen (secondary N) is 1. The number of nitrogens with zero attached hydrogens (tertiary/aromatic N) is 3. The van der Waals surface area contributed by atoms with E-state index in [2.05, 4.69) is 35.2 Å². The molecule has 4 heteroatoms. The van der Waals surface area contributed by atoms with Crippen molar-refractivity contribution < 1.29 is 0 Å². The number of hydrogen-bond acceptors (Lipinski definition) is 4. The fourth-order valence-electron chi connectivity index (χ4n) is 3.01. The largest absolute Gasteiger partial charge is 0.354 e. The minimum absolute atomic E-state index is 0.306. The fraction of sp³-hybridized carbons (Fsp3) is 0.471. The second-order valence-corrected chi connectivity index (χ2v) is 5.68. The minimum Gasteiger partial charge on any atom is -0.354 e. The predicted molar refractivity (Wildman–Crippen MR) is 84.6 cm³/mol. The van der Waals surface area contributed by atoms with Crippen molar-refractivity contribution in [2.45, 2.75) is 45.4 Å². The topological polar surface area (TPSA) is 50.7 Å². The monoisotopic (exact) mass is 282 g/mol. The van der Waals surface area contributed by atoms with Gasteiger partial charge in [-0.3, -0.25) is 4.98 Å². The molecule has 2 aromatic heterocycles. The molecule has 2 heterocycles. The molecule has 1 unspecified atom stereocenters. The summed E-state index contributed by atoms with van der Waals surface area (Å²) >= 11 is 0. The summed E-state index contributed by atoms with van der Waals surface area (Å²) in [4.78, 5) is 13.8. The van der Waals surface area contributed by atoms with Gasteiger partial charge in [-0.05, 0) is 49.8 Å². The average Bonchev–Trinajstić information content (AvgIpc) is 2.54. The van der Waals surface area contributed by atoms with Crippen molar-refractivity contribution in [1.29, 1.82) is 0 Å². The van der Waals surface area contributed by atoms with Gasteiger partial charge in [-0.15, -0.1) is 0 Å². The van der Waals surface area contributed by atoms with Crippen molar-refractivity contribution in [3.63, 3.8) is 0 Å². The molecule has 1 N–H and O–H groups in total. The molecule has 110 valence electrons. The van der Waals surface area contributed by atoms with Crippen molar-refractivity contribution in [3.8, 4) is 0 Å². The second kappa shape index (κ2) is 6.20. The molecule has 3 rings (SSSR count). The highest BCUT2D eigenvalue weighted by Gasteiger charge is 2.25. The maximum absolute atomic E-state index is 4.77. The average molecular weight is 282 g/mol. The lowest BCUT2D eigenvalue weighted by Crippen LogP contribution is -2.16. The first kappa shape index (κ1) is 14.0. The van der Waals surface area contributed by atoms with Crippen LogP contribution in [0.3, 0.4) is 0 Å². The van der Waals surface area contributed by atoms with E-state index in [-0.39, 0.29) is 0 Å². The van der Waals surface area contributed by atoms with E-state index < -0.39 is 0 Å². The molecular formula is C17H22N4. The molecule has 1 atom stereocenters. The standard InChI is InChI=1S/C17H22N4/c1-3-9-19-17-20-11-12(2)15(21-17)14-8-4-6-13-7-5-10-18-16(13)14/h5,7,10-11,14H,3-4,6,8-9H2,1-2H3,(H,19,20,21). The Hall–Kier alpha value is -1.97. The Labute approximate surface area is 126 Å². The van der Waals surface area contributed by atoms with Crippen LogP contribution >= 0.6 is 0 Å². The number of pyridine rings is 1. The van der Waals surface area contributed by atoms with Crippen LogP contribution in [0.1, 0.15) is 54.6 Å². The zero-order valence-corrected chi connectivity index (χ0v) is 12.8. The first-order valence-electron chi connectivity index (χ1n) is 7.80. The first-order chi connectivity index (χ1) is 10.3. The van der Waals surface area contributed by atoms with Crippen LogP contribution in [0.2, 0.25) is 0 Å². The third-order valence-corrected chi connectivity index (χ3v) is 4.07. The maximum atomic E-state index is 4.77. The smallest absolute Gasteiger partial charge is 0.222 e. The molecule has 0 aliphatic heterocycles. The van der Waals surface area contributed by atoms with E-state index in [1.807, 2.05) is 18.5 Å². The molecule has 0 radical (unpaired) electrons. The van der Waals surface area contributed by atoms with Crippen LogP contribution in [-0.2, 0) is 6.42 Å². The summed E-state index contributed by atoms with van der Waals surface area (Å²) in [5.41, 5.74) is 4.85. The quantitative estimate of drug-likeness (QED) is 0.933. The minimum atomic E-state index is 0.306. The summed E-state index contributed by atoms with van der Waals surface area (Å²) in [5.74, 6) is 1.04. The van der Waals surface area contributed by atoms with Crippen LogP contribution < -0.4 is 5.32 Å². The van der Waals surface area contributed by atoms with Crippen LogP contribution in [0.4, 0.5) is 5.95 Å². The highest BCUT2D eigenvalue weighted by molar-refractivity contribution is 5.38. The lowest BCUT2D eigenvalue weighted by Gasteiger charge is -2.25. The van der Waals surface area contributed by atoms with Crippen molar-refractivity contribution in [3.05, 3.63) is 47.0 Å². The molecular weight excluding hydrogens is 260 g/mol. The third kappa shape index (κ3) is 2.89. The SMILES string of the molecule is CCCNc1ncc(C)c(C2CCCc3cccnc32)n1. The molecule has 4 nitrogen and oxygen atoms in total. The van der Waals surface area contributed by atoms with Crippen molar-refractivity contribution in [1.82, 2.24) is 15.0 Å². The molecule has 1 aliphatic rings. The molecule has 21 heavy (non-hydrogen) atoms. The van der Waals surface area contributed by atoms with Crippen molar-refractivity contribution in [2.75, 3.05) is 11.9 Å². The summed E-state index contributed by atoms with van der Waals surface area (Å²) in [5, 5.41) is 3.28. The second-order valence-electron chi connectivity index (χ2n) is 5.68. The normalized spacial score (nSPS) is 17.3. The molecule has 0 bridgehead atoms. The van der Waals surface area contributed by atoms with Gasteiger partial charge in [0.15, 0.2) is 0 Å². The van der Waals surface area contributed by atoms with E-state index in [4.69, 9.17) is 4.98 Å². The van der Waals surface area contributed by atoms with E-state index in [1.54, 1.807) is 0 Å². The zero-order valence-electron chi connectivity index (χ0n) is 12.8. The molecule has 0 saturated carbocycles. The molecule has 0 saturated heterocycles. The number of anilines is 1. The molecule has 0 fully saturated rings. The Morgan fingerprint density at radius 1 is 1.29 bits per heavy atom. The van der Waals surface area contributed by atoms with Gasteiger partial charge >= 0.3 is 0 Å². The Kier molecular flexibility index (Phi) is 4.13. The van der Waals surface area contributed by atoms with Crippen molar-refractivity contribution >= 4 is 5.95 Å². The van der Waals surface area contributed by atoms with Gasteiger partial charge in [-0.2, -0.15) is 0 Å². The highest BCUT2D eigenvalue weighted by atomic mass is 15.1. The van der Waals surface area contributed by atoms with E-state index in [0.717, 1.165) is 43.0 Å². The summed E-state index contributed by atoms with van der Waals surface area (Å²) in [6.45, 7) is 5.14. The van der Waals surface area contributed by atoms with Gasteiger partial charge in [0.25, 0.3) is 0 Å². The molecule has 0 spiro atoms. The number of rotatable bonds is 4. The number of fused-ring (bicyclic) bond motifs is 1. The number of aryl methyl sites for hydroxylation is 2. The summed E-state index contributed by atoms with van der Waals surface area (Å²) in [6, 6.07) is 4.23. The van der Waals surface area contributed by atoms with Gasteiger partial charge in [-0.25, -0.2) is 9.97 Å². The summed E-state index contributed by atoms with van der Waals surface area (Å²) in [6.07, 6.45) is 8.34. The van der Waals surface area contributed by atoms with Crippen molar-refractivity contribution in [2.24, 2.45) is 0 Å². The summed E-state index contributed by atoms with van der Waals surface area (Å²) in [7, 11) is 0. The summed E-state index contributed by atoms with van der Waals surface area (Å²) < 4.78 is 0. The third-order valence-electron chi connectivity index (χ3n) is 4.07. The molecule has 0 aromatic carbocycles. The molecule has 0 amide bonds. The Morgan fingerprint density at radius 3 is 3.05 bits per heavy atom. The van der Waals surface area contributed by atoms with E-state index in [1.165, 1.54) is 17.7 Å². The maximum Gasteiger partial charge on any atom is 0.222 e. The zero-order chi connectivity index (χ0) is 14.7.